The highest BCUT2D eigenvalue weighted by Crippen LogP contribution is 2.44. The quantitative estimate of drug-likeness (QED) is 0.624. The molecule has 0 saturated heterocycles. The third kappa shape index (κ3) is 2.72. The maximum Gasteiger partial charge on any atom is 0.307 e. The number of aliphatic hydroxyl groups excluding tert-OH is 1. The van der Waals surface area contributed by atoms with E-state index in [4.69, 9.17) is 10.2 Å². The zero-order chi connectivity index (χ0) is 13.2. The predicted molar refractivity (Wildman–Crippen MR) is 64.8 cm³/mol. The lowest BCUT2D eigenvalue weighted by Gasteiger charge is -2.25. The Morgan fingerprint density at radius 1 is 1.22 bits per heavy atom. The van der Waals surface area contributed by atoms with Crippen molar-refractivity contribution in [1.29, 1.82) is 0 Å². The van der Waals surface area contributed by atoms with Crippen LogP contribution in [-0.4, -0.2) is 35.2 Å². The molecule has 18 heavy (non-hydrogen) atoms. The summed E-state index contributed by atoms with van der Waals surface area (Å²) in [7, 11) is 0. The summed E-state index contributed by atoms with van der Waals surface area (Å²) in [5.74, 6) is -2.23. The second-order valence-electron chi connectivity index (χ2n) is 5.37. The van der Waals surface area contributed by atoms with Gasteiger partial charge in [0, 0.05) is 12.0 Å². The largest absolute Gasteiger partial charge is 0.481 e. The van der Waals surface area contributed by atoms with Gasteiger partial charge in [0.2, 0.25) is 5.91 Å². The molecule has 0 radical (unpaired) electrons. The standard InChI is InChI=1S/C13H19NO4/c15-8-13(5-6-13)7-14-11(16)9-3-1-2-4-10(9)12(17)18/h1-2,9-10,15H,3-8H2,(H,14,16)(H,17,18). The summed E-state index contributed by atoms with van der Waals surface area (Å²) in [6.45, 7) is 0.537. The van der Waals surface area contributed by atoms with Gasteiger partial charge in [-0.05, 0) is 25.7 Å². The van der Waals surface area contributed by atoms with Crippen molar-refractivity contribution in [3.63, 3.8) is 0 Å². The molecule has 1 fully saturated rings. The highest BCUT2D eigenvalue weighted by atomic mass is 16.4. The van der Waals surface area contributed by atoms with Crippen LogP contribution in [0, 0.1) is 17.3 Å². The number of rotatable bonds is 5. The van der Waals surface area contributed by atoms with Crippen molar-refractivity contribution in [3.8, 4) is 0 Å². The van der Waals surface area contributed by atoms with Crippen molar-refractivity contribution in [2.75, 3.05) is 13.2 Å². The number of aliphatic carboxylic acids is 1. The van der Waals surface area contributed by atoms with E-state index in [9.17, 15) is 9.59 Å². The van der Waals surface area contributed by atoms with Gasteiger partial charge in [-0.1, -0.05) is 12.2 Å². The second kappa shape index (κ2) is 5.10. The zero-order valence-electron chi connectivity index (χ0n) is 10.3. The van der Waals surface area contributed by atoms with Gasteiger partial charge in [0.05, 0.1) is 18.4 Å². The summed E-state index contributed by atoms with van der Waals surface area (Å²) in [6.07, 6.45) is 6.43. The topological polar surface area (TPSA) is 86.6 Å². The summed E-state index contributed by atoms with van der Waals surface area (Å²) in [5.41, 5.74) is -0.140. The van der Waals surface area contributed by atoms with E-state index in [1.807, 2.05) is 12.2 Å². The number of carboxylic acid groups (broad SMARTS) is 1. The molecule has 0 heterocycles. The Morgan fingerprint density at radius 3 is 2.33 bits per heavy atom. The number of hydrogen-bond donors (Lipinski definition) is 3. The lowest BCUT2D eigenvalue weighted by molar-refractivity contribution is -0.147. The Morgan fingerprint density at radius 2 is 1.83 bits per heavy atom. The van der Waals surface area contributed by atoms with Gasteiger partial charge in [-0.15, -0.1) is 0 Å². The van der Waals surface area contributed by atoms with Crippen LogP contribution in [0.5, 0.6) is 0 Å². The van der Waals surface area contributed by atoms with Crippen LogP contribution in [0.1, 0.15) is 25.7 Å². The average Bonchev–Trinajstić information content (AvgIpc) is 3.16. The lowest BCUT2D eigenvalue weighted by atomic mass is 9.82. The first-order valence-electron chi connectivity index (χ1n) is 6.34. The molecule has 0 spiro atoms. The van der Waals surface area contributed by atoms with Crippen LogP contribution in [0.15, 0.2) is 12.2 Å². The van der Waals surface area contributed by atoms with Crippen LogP contribution >= 0.6 is 0 Å². The molecule has 2 aliphatic rings. The number of carboxylic acids is 1. The lowest BCUT2D eigenvalue weighted by Crippen LogP contribution is -2.41. The number of aliphatic hydroxyl groups is 1. The molecule has 0 bridgehead atoms. The average molecular weight is 253 g/mol. The molecular weight excluding hydrogens is 234 g/mol. The Bertz CT molecular complexity index is 373. The van der Waals surface area contributed by atoms with E-state index in [1.165, 1.54) is 0 Å². The van der Waals surface area contributed by atoms with Gasteiger partial charge in [0.15, 0.2) is 0 Å². The predicted octanol–water partition coefficient (Wildman–Crippen LogP) is 0.542. The van der Waals surface area contributed by atoms with Gasteiger partial charge in [-0.2, -0.15) is 0 Å². The maximum absolute atomic E-state index is 12.0. The Kier molecular flexibility index (Phi) is 3.71. The van der Waals surface area contributed by atoms with E-state index in [1.54, 1.807) is 0 Å². The van der Waals surface area contributed by atoms with Crippen LogP contribution < -0.4 is 5.32 Å². The van der Waals surface area contributed by atoms with E-state index in [-0.39, 0.29) is 17.9 Å². The number of carbonyl (C=O) groups is 2. The monoisotopic (exact) mass is 253 g/mol. The van der Waals surface area contributed by atoms with E-state index in [0.717, 1.165) is 12.8 Å². The van der Waals surface area contributed by atoms with Gasteiger partial charge < -0.3 is 15.5 Å². The molecule has 2 atom stereocenters. The molecule has 0 aromatic carbocycles. The minimum Gasteiger partial charge on any atom is -0.481 e. The van der Waals surface area contributed by atoms with Crippen molar-refractivity contribution < 1.29 is 19.8 Å². The fourth-order valence-electron chi connectivity index (χ4n) is 2.35. The summed E-state index contributed by atoms with van der Waals surface area (Å²) >= 11 is 0. The molecule has 1 saturated carbocycles. The molecule has 2 unspecified atom stereocenters. The number of allylic oxidation sites excluding steroid dienone is 2. The summed E-state index contributed by atoms with van der Waals surface area (Å²) in [5, 5.41) is 21.0. The Balaban J connectivity index is 1.91. The molecule has 1 amide bonds. The highest BCUT2D eigenvalue weighted by molar-refractivity contribution is 5.85. The van der Waals surface area contributed by atoms with Gasteiger partial charge in [0.1, 0.15) is 0 Å². The molecule has 0 aromatic heterocycles. The molecular formula is C13H19NO4. The fourth-order valence-corrected chi connectivity index (χ4v) is 2.35. The van der Waals surface area contributed by atoms with E-state index in [2.05, 4.69) is 5.32 Å². The molecule has 0 aliphatic heterocycles. The minimum absolute atomic E-state index is 0.0835. The van der Waals surface area contributed by atoms with Gasteiger partial charge >= 0.3 is 5.97 Å². The van der Waals surface area contributed by atoms with Gasteiger partial charge in [-0.3, -0.25) is 9.59 Å². The maximum atomic E-state index is 12.0. The second-order valence-corrected chi connectivity index (χ2v) is 5.37. The molecule has 2 aliphatic carbocycles. The van der Waals surface area contributed by atoms with Gasteiger partial charge in [-0.25, -0.2) is 0 Å². The Labute approximate surface area is 106 Å². The zero-order valence-corrected chi connectivity index (χ0v) is 10.3. The highest BCUT2D eigenvalue weighted by Gasteiger charge is 2.43. The third-order valence-corrected chi connectivity index (χ3v) is 4.02. The molecule has 5 heteroatoms. The van der Waals surface area contributed by atoms with Crippen LogP contribution in [0.2, 0.25) is 0 Å². The first-order valence-corrected chi connectivity index (χ1v) is 6.34. The van der Waals surface area contributed by atoms with Crippen molar-refractivity contribution in [2.45, 2.75) is 25.7 Å². The Hall–Kier alpha value is -1.36. The van der Waals surface area contributed by atoms with E-state index in [0.29, 0.717) is 19.4 Å². The molecule has 2 rings (SSSR count). The van der Waals surface area contributed by atoms with Crippen molar-refractivity contribution in [2.24, 2.45) is 17.3 Å². The smallest absolute Gasteiger partial charge is 0.307 e. The van der Waals surface area contributed by atoms with Crippen LogP contribution in [-0.2, 0) is 9.59 Å². The van der Waals surface area contributed by atoms with Crippen molar-refractivity contribution in [3.05, 3.63) is 12.2 Å². The van der Waals surface area contributed by atoms with Crippen LogP contribution in [0.25, 0.3) is 0 Å². The fraction of sp³-hybridized carbons (Fsp3) is 0.692. The summed E-state index contributed by atoms with van der Waals surface area (Å²) < 4.78 is 0. The molecule has 100 valence electrons. The number of hydrogen-bond acceptors (Lipinski definition) is 3. The van der Waals surface area contributed by atoms with Crippen molar-refractivity contribution >= 4 is 11.9 Å². The normalized spacial score (nSPS) is 28.7. The van der Waals surface area contributed by atoms with Gasteiger partial charge in [0.25, 0.3) is 0 Å². The third-order valence-electron chi connectivity index (χ3n) is 4.02. The SMILES string of the molecule is O=C(O)C1CC=CCC1C(=O)NCC1(CO)CC1. The number of carbonyl (C=O) groups excluding carboxylic acids is 1. The summed E-state index contributed by atoms with van der Waals surface area (Å²) in [6, 6.07) is 0. The molecule has 3 N–H and O–H groups in total. The van der Waals surface area contributed by atoms with E-state index >= 15 is 0 Å². The molecule has 0 aromatic rings. The van der Waals surface area contributed by atoms with Crippen LogP contribution in [0.3, 0.4) is 0 Å². The first-order chi connectivity index (χ1) is 8.58. The molecule has 5 nitrogen and oxygen atoms in total. The van der Waals surface area contributed by atoms with Crippen molar-refractivity contribution in [1.82, 2.24) is 5.32 Å². The van der Waals surface area contributed by atoms with E-state index < -0.39 is 17.8 Å². The number of amides is 1. The summed E-state index contributed by atoms with van der Waals surface area (Å²) in [4.78, 5) is 23.1. The minimum atomic E-state index is -0.914. The van der Waals surface area contributed by atoms with Crippen LogP contribution in [0.4, 0.5) is 0 Å². The number of nitrogens with one attached hydrogen (secondary N) is 1. The first kappa shape index (κ1) is 13.1.